The van der Waals surface area contributed by atoms with E-state index in [1.54, 1.807) is 29.9 Å². The number of rotatable bonds is 4. The average Bonchev–Trinajstić information content (AvgIpc) is 3.47. The van der Waals surface area contributed by atoms with Crippen molar-refractivity contribution in [3.63, 3.8) is 0 Å². The summed E-state index contributed by atoms with van der Waals surface area (Å²) in [4.78, 5) is 23.6. The molecule has 4 heterocycles. The van der Waals surface area contributed by atoms with Crippen LogP contribution in [-0.2, 0) is 7.05 Å². The Morgan fingerprint density at radius 1 is 1.23 bits per heavy atom. The van der Waals surface area contributed by atoms with Crippen LogP contribution in [-0.4, -0.2) is 25.5 Å². The molecule has 0 radical (unpaired) electrons. The number of thiophene rings is 1. The van der Waals surface area contributed by atoms with Gasteiger partial charge in [0.15, 0.2) is 22.9 Å². The standard InChI is InChI=1S/C22H15N5O2S/c1-12-19-13(10-16(18-8-5-9-30-18)24-21(19)27(2)26-12)20(28)14(11-23)22-25-15-6-3-4-7-17(15)29-22/h3-10,14H,1-2H3/t14-/m1/s1. The summed E-state index contributed by atoms with van der Waals surface area (Å²) in [6, 6.07) is 14.9. The smallest absolute Gasteiger partial charge is 0.220 e. The van der Waals surface area contributed by atoms with Crippen molar-refractivity contribution in [1.29, 1.82) is 5.26 Å². The van der Waals surface area contributed by atoms with Crippen molar-refractivity contribution >= 4 is 39.3 Å². The number of oxazole rings is 1. The largest absolute Gasteiger partial charge is 0.439 e. The lowest BCUT2D eigenvalue weighted by Gasteiger charge is -2.09. The van der Waals surface area contributed by atoms with E-state index in [1.165, 1.54) is 11.3 Å². The monoisotopic (exact) mass is 413 g/mol. The van der Waals surface area contributed by atoms with E-state index >= 15 is 0 Å². The van der Waals surface area contributed by atoms with Gasteiger partial charge in [-0.25, -0.2) is 9.97 Å². The molecule has 5 rings (SSSR count). The first kappa shape index (κ1) is 18.2. The number of nitrogens with zero attached hydrogens (tertiary/aromatic N) is 5. The number of Topliss-reactive ketones (excluding diaryl/α,β-unsaturated/α-hetero) is 1. The first-order valence-corrected chi connectivity index (χ1v) is 10.1. The summed E-state index contributed by atoms with van der Waals surface area (Å²) in [5.41, 5.74) is 3.47. The van der Waals surface area contributed by atoms with Crippen LogP contribution in [0.1, 0.15) is 27.9 Å². The van der Waals surface area contributed by atoms with Crippen LogP contribution in [0.25, 0.3) is 32.7 Å². The first-order chi connectivity index (χ1) is 14.6. The fourth-order valence-corrected chi connectivity index (χ4v) is 4.27. The number of hydrogen-bond donors (Lipinski definition) is 0. The van der Waals surface area contributed by atoms with Gasteiger partial charge >= 0.3 is 0 Å². The lowest BCUT2D eigenvalue weighted by molar-refractivity contribution is 0.0972. The highest BCUT2D eigenvalue weighted by Crippen LogP contribution is 2.32. The number of pyridine rings is 1. The van der Waals surface area contributed by atoms with E-state index in [1.807, 2.05) is 36.6 Å². The Labute approximate surface area is 175 Å². The molecule has 0 saturated carbocycles. The molecule has 0 N–H and O–H groups in total. The van der Waals surface area contributed by atoms with Crippen LogP contribution in [0.2, 0.25) is 0 Å². The summed E-state index contributed by atoms with van der Waals surface area (Å²) >= 11 is 1.53. The molecule has 0 saturated heterocycles. The number of benzene rings is 1. The summed E-state index contributed by atoms with van der Waals surface area (Å²) in [6.45, 7) is 1.83. The molecular weight excluding hydrogens is 398 g/mol. The van der Waals surface area contributed by atoms with Gasteiger partial charge in [0, 0.05) is 12.6 Å². The highest BCUT2D eigenvalue weighted by Gasteiger charge is 2.30. The summed E-state index contributed by atoms with van der Waals surface area (Å²) in [5, 5.41) is 16.9. The molecule has 0 bridgehead atoms. The summed E-state index contributed by atoms with van der Waals surface area (Å²) in [5.74, 6) is -1.46. The van der Waals surface area contributed by atoms with E-state index in [2.05, 4.69) is 16.2 Å². The number of para-hydroxylation sites is 2. The van der Waals surface area contributed by atoms with Crippen LogP contribution in [0, 0.1) is 18.3 Å². The molecule has 0 aliphatic rings. The minimum Gasteiger partial charge on any atom is -0.439 e. The normalized spacial score (nSPS) is 12.3. The van der Waals surface area contributed by atoms with Crippen LogP contribution in [0.15, 0.2) is 52.3 Å². The van der Waals surface area contributed by atoms with E-state index in [0.717, 1.165) is 4.88 Å². The molecule has 1 aromatic carbocycles. The number of fused-ring (bicyclic) bond motifs is 2. The SMILES string of the molecule is Cc1nn(C)c2nc(-c3cccs3)cc(C(=O)[C@@H](C#N)c3nc4ccccc4o3)c12. The van der Waals surface area contributed by atoms with Gasteiger partial charge in [-0.2, -0.15) is 10.4 Å². The minimum absolute atomic E-state index is 0.0906. The van der Waals surface area contributed by atoms with Crippen LogP contribution < -0.4 is 0 Å². The number of aryl methyl sites for hydroxylation is 2. The molecule has 0 aliphatic heterocycles. The zero-order valence-corrected chi connectivity index (χ0v) is 17.0. The Balaban J connectivity index is 1.70. The molecular formula is C22H15N5O2S. The number of hydrogen-bond acceptors (Lipinski definition) is 7. The van der Waals surface area contributed by atoms with Crippen LogP contribution >= 0.6 is 11.3 Å². The van der Waals surface area contributed by atoms with Crippen molar-refractivity contribution in [2.45, 2.75) is 12.8 Å². The highest BCUT2D eigenvalue weighted by atomic mass is 32.1. The molecule has 1 atom stereocenters. The lowest BCUT2D eigenvalue weighted by atomic mass is 9.95. The third-order valence-corrected chi connectivity index (χ3v) is 5.85. The number of aromatic nitrogens is 4. The van der Waals surface area contributed by atoms with Gasteiger partial charge in [0.2, 0.25) is 5.89 Å². The van der Waals surface area contributed by atoms with Gasteiger partial charge in [0.25, 0.3) is 0 Å². The maximum atomic E-state index is 13.6. The third-order valence-electron chi connectivity index (χ3n) is 4.96. The fraction of sp³-hybridized carbons (Fsp3) is 0.136. The molecule has 4 aromatic heterocycles. The van der Waals surface area contributed by atoms with Crippen molar-refractivity contribution < 1.29 is 9.21 Å². The van der Waals surface area contributed by atoms with E-state index in [4.69, 9.17) is 9.40 Å². The second-order valence-corrected chi connectivity index (χ2v) is 7.83. The number of carbonyl (C=O) groups excluding carboxylic acids is 1. The molecule has 7 nitrogen and oxygen atoms in total. The van der Waals surface area contributed by atoms with Crippen molar-refractivity contribution in [3.05, 3.63) is 65.0 Å². The van der Waals surface area contributed by atoms with Crippen molar-refractivity contribution in [2.75, 3.05) is 0 Å². The second kappa shape index (κ2) is 6.90. The zero-order chi connectivity index (χ0) is 20.8. The summed E-state index contributed by atoms with van der Waals surface area (Å²) < 4.78 is 7.38. The van der Waals surface area contributed by atoms with Gasteiger partial charge in [-0.05, 0) is 36.6 Å². The molecule has 0 unspecified atom stereocenters. The van der Waals surface area contributed by atoms with Crippen LogP contribution in [0.5, 0.6) is 0 Å². The van der Waals surface area contributed by atoms with E-state index < -0.39 is 5.92 Å². The molecule has 146 valence electrons. The maximum absolute atomic E-state index is 13.6. The van der Waals surface area contributed by atoms with Gasteiger partial charge in [0.1, 0.15) is 5.52 Å². The topological polar surface area (TPSA) is 97.6 Å². The molecule has 8 heteroatoms. The first-order valence-electron chi connectivity index (χ1n) is 9.24. The Morgan fingerprint density at radius 3 is 2.80 bits per heavy atom. The lowest BCUT2D eigenvalue weighted by Crippen LogP contribution is -2.13. The molecule has 0 aliphatic carbocycles. The van der Waals surface area contributed by atoms with Gasteiger partial charge < -0.3 is 4.42 Å². The second-order valence-electron chi connectivity index (χ2n) is 6.89. The Morgan fingerprint density at radius 2 is 2.07 bits per heavy atom. The number of ketones is 1. The third kappa shape index (κ3) is 2.79. The van der Waals surface area contributed by atoms with Crippen molar-refractivity contribution in [3.8, 4) is 16.6 Å². The molecule has 0 spiro atoms. The van der Waals surface area contributed by atoms with Gasteiger partial charge in [-0.15, -0.1) is 11.3 Å². The Kier molecular flexibility index (Phi) is 4.19. The summed E-state index contributed by atoms with van der Waals surface area (Å²) in [7, 11) is 1.79. The average molecular weight is 413 g/mol. The fourth-order valence-electron chi connectivity index (χ4n) is 3.58. The zero-order valence-electron chi connectivity index (χ0n) is 16.2. The number of carbonyl (C=O) groups is 1. The Hall–Kier alpha value is -3.83. The van der Waals surface area contributed by atoms with Gasteiger partial charge in [-0.3, -0.25) is 9.48 Å². The maximum Gasteiger partial charge on any atom is 0.220 e. The molecule has 0 fully saturated rings. The highest BCUT2D eigenvalue weighted by molar-refractivity contribution is 7.13. The predicted octanol–water partition coefficient (Wildman–Crippen LogP) is 4.64. The summed E-state index contributed by atoms with van der Waals surface area (Å²) in [6.07, 6.45) is 0. The van der Waals surface area contributed by atoms with Crippen molar-refractivity contribution in [1.82, 2.24) is 19.7 Å². The minimum atomic E-state index is -1.17. The number of nitriles is 1. The molecule has 5 aromatic rings. The van der Waals surface area contributed by atoms with Crippen molar-refractivity contribution in [2.24, 2.45) is 7.05 Å². The van der Waals surface area contributed by atoms with Crippen LogP contribution in [0.4, 0.5) is 0 Å². The quantitative estimate of drug-likeness (QED) is 0.398. The molecule has 0 amide bonds. The van der Waals surface area contributed by atoms with Crippen LogP contribution in [0.3, 0.4) is 0 Å². The van der Waals surface area contributed by atoms with E-state index in [-0.39, 0.29) is 11.7 Å². The molecule has 30 heavy (non-hydrogen) atoms. The van der Waals surface area contributed by atoms with E-state index in [9.17, 15) is 10.1 Å². The van der Waals surface area contributed by atoms with E-state index in [0.29, 0.717) is 39.1 Å². The van der Waals surface area contributed by atoms with Gasteiger partial charge in [0.05, 0.1) is 27.7 Å². The van der Waals surface area contributed by atoms with Gasteiger partial charge in [-0.1, -0.05) is 18.2 Å². The predicted molar refractivity (Wildman–Crippen MR) is 113 cm³/mol. The Bertz CT molecular complexity index is 1420.